The lowest BCUT2D eigenvalue weighted by molar-refractivity contribution is 0.0400. The third-order valence-corrected chi connectivity index (χ3v) is 2.38. The molecule has 1 rings (SSSR count). The Kier molecular flexibility index (Phi) is 2.32. The monoisotopic (exact) mass is 143 g/mol. The van der Waals surface area contributed by atoms with Crippen molar-refractivity contribution in [3.63, 3.8) is 0 Å². The molecule has 0 aliphatic heterocycles. The Bertz CT molecular complexity index is 112. The van der Waals surface area contributed by atoms with E-state index >= 15 is 0 Å². The SMILES string of the molecule is CCN[C@H]1CCC[C@@]1(C)O. The summed E-state index contributed by atoms with van der Waals surface area (Å²) < 4.78 is 0. The normalized spacial score (nSPS) is 40.5. The zero-order valence-corrected chi connectivity index (χ0v) is 6.85. The zero-order chi connectivity index (χ0) is 7.61. The first-order valence-electron chi connectivity index (χ1n) is 4.12. The second-order valence-corrected chi connectivity index (χ2v) is 3.36. The average Bonchev–Trinajstić information content (AvgIpc) is 2.13. The molecule has 0 saturated heterocycles. The highest BCUT2D eigenvalue weighted by Crippen LogP contribution is 2.28. The number of aliphatic hydroxyl groups is 1. The van der Waals surface area contributed by atoms with Crippen molar-refractivity contribution in [1.29, 1.82) is 0 Å². The quantitative estimate of drug-likeness (QED) is 0.602. The van der Waals surface area contributed by atoms with Crippen LogP contribution in [0.2, 0.25) is 0 Å². The number of nitrogens with one attached hydrogen (secondary N) is 1. The molecule has 0 amide bonds. The maximum atomic E-state index is 9.72. The van der Waals surface area contributed by atoms with E-state index in [0.29, 0.717) is 6.04 Å². The zero-order valence-electron chi connectivity index (χ0n) is 6.85. The van der Waals surface area contributed by atoms with Gasteiger partial charge in [-0.2, -0.15) is 0 Å². The number of hydrogen-bond acceptors (Lipinski definition) is 2. The fourth-order valence-corrected chi connectivity index (χ4v) is 1.72. The molecule has 0 unspecified atom stereocenters. The topological polar surface area (TPSA) is 32.3 Å². The van der Waals surface area contributed by atoms with Crippen LogP contribution in [0.1, 0.15) is 33.1 Å². The highest BCUT2D eigenvalue weighted by atomic mass is 16.3. The maximum absolute atomic E-state index is 9.72. The molecule has 0 aromatic heterocycles. The summed E-state index contributed by atoms with van der Waals surface area (Å²) in [4.78, 5) is 0. The molecule has 0 aromatic carbocycles. The van der Waals surface area contributed by atoms with Crippen molar-refractivity contribution in [2.75, 3.05) is 6.54 Å². The molecule has 1 fully saturated rings. The van der Waals surface area contributed by atoms with E-state index in [2.05, 4.69) is 12.2 Å². The standard InChI is InChI=1S/C8H17NO/c1-3-9-7-5-4-6-8(7,2)10/h7,9-10H,3-6H2,1-2H3/t7-,8+/m0/s1. The van der Waals surface area contributed by atoms with Crippen molar-refractivity contribution < 1.29 is 5.11 Å². The van der Waals surface area contributed by atoms with Crippen LogP contribution >= 0.6 is 0 Å². The molecule has 0 heterocycles. The molecule has 60 valence electrons. The summed E-state index contributed by atoms with van der Waals surface area (Å²) in [5, 5.41) is 13.0. The van der Waals surface area contributed by atoms with Crippen LogP contribution in [-0.2, 0) is 0 Å². The van der Waals surface area contributed by atoms with Gasteiger partial charge in [0, 0.05) is 6.04 Å². The van der Waals surface area contributed by atoms with E-state index in [-0.39, 0.29) is 0 Å². The summed E-state index contributed by atoms with van der Waals surface area (Å²) >= 11 is 0. The van der Waals surface area contributed by atoms with Crippen LogP contribution in [0.4, 0.5) is 0 Å². The number of rotatable bonds is 2. The largest absolute Gasteiger partial charge is 0.389 e. The molecule has 2 atom stereocenters. The minimum Gasteiger partial charge on any atom is -0.389 e. The van der Waals surface area contributed by atoms with Gasteiger partial charge in [0.05, 0.1) is 5.60 Å². The third-order valence-electron chi connectivity index (χ3n) is 2.38. The predicted octanol–water partition coefficient (Wildman–Crippen LogP) is 0.899. The fraction of sp³-hybridized carbons (Fsp3) is 1.00. The van der Waals surface area contributed by atoms with Crippen LogP contribution in [0, 0.1) is 0 Å². The Morgan fingerprint density at radius 2 is 2.40 bits per heavy atom. The summed E-state index contributed by atoms with van der Waals surface area (Å²) in [7, 11) is 0. The van der Waals surface area contributed by atoms with Gasteiger partial charge in [0.15, 0.2) is 0 Å². The van der Waals surface area contributed by atoms with Gasteiger partial charge >= 0.3 is 0 Å². The van der Waals surface area contributed by atoms with Gasteiger partial charge in [0.1, 0.15) is 0 Å². The number of hydrogen-bond donors (Lipinski definition) is 2. The Labute approximate surface area is 62.6 Å². The Hall–Kier alpha value is -0.0800. The van der Waals surface area contributed by atoms with Crippen LogP contribution in [0.15, 0.2) is 0 Å². The molecule has 2 heteroatoms. The van der Waals surface area contributed by atoms with Crippen molar-refractivity contribution >= 4 is 0 Å². The van der Waals surface area contributed by atoms with E-state index in [0.717, 1.165) is 25.8 Å². The molecule has 0 spiro atoms. The molecule has 1 aliphatic carbocycles. The molecule has 0 radical (unpaired) electrons. The lowest BCUT2D eigenvalue weighted by Crippen LogP contribution is -2.44. The van der Waals surface area contributed by atoms with Gasteiger partial charge in [-0.15, -0.1) is 0 Å². The van der Waals surface area contributed by atoms with Gasteiger partial charge in [0.2, 0.25) is 0 Å². The van der Waals surface area contributed by atoms with E-state index in [1.54, 1.807) is 0 Å². The first-order chi connectivity index (χ1) is 4.67. The Morgan fingerprint density at radius 3 is 2.80 bits per heavy atom. The second-order valence-electron chi connectivity index (χ2n) is 3.36. The summed E-state index contributed by atoms with van der Waals surface area (Å²) in [6, 6.07) is 0.331. The van der Waals surface area contributed by atoms with Crippen molar-refractivity contribution in [2.24, 2.45) is 0 Å². The van der Waals surface area contributed by atoms with Gasteiger partial charge in [-0.3, -0.25) is 0 Å². The van der Waals surface area contributed by atoms with Gasteiger partial charge in [-0.05, 0) is 32.7 Å². The first kappa shape index (κ1) is 8.02. The van der Waals surface area contributed by atoms with Gasteiger partial charge in [-0.1, -0.05) is 6.92 Å². The molecular weight excluding hydrogens is 126 g/mol. The van der Waals surface area contributed by atoms with E-state index in [1.807, 2.05) is 6.92 Å². The Morgan fingerprint density at radius 1 is 1.70 bits per heavy atom. The summed E-state index contributed by atoms with van der Waals surface area (Å²) in [6.07, 6.45) is 3.23. The summed E-state index contributed by atoms with van der Waals surface area (Å²) in [5.41, 5.74) is -0.448. The molecule has 0 aromatic rings. The smallest absolute Gasteiger partial charge is 0.0772 e. The van der Waals surface area contributed by atoms with Crippen LogP contribution < -0.4 is 5.32 Å². The second kappa shape index (κ2) is 2.89. The first-order valence-corrected chi connectivity index (χ1v) is 4.12. The molecule has 0 bridgehead atoms. The predicted molar refractivity (Wildman–Crippen MR) is 41.9 cm³/mol. The third kappa shape index (κ3) is 1.50. The molecule has 1 saturated carbocycles. The Balaban J connectivity index is 2.43. The van der Waals surface area contributed by atoms with E-state index in [1.165, 1.54) is 0 Å². The molecule has 2 N–H and O–H groups in total. The van der Waals surface area contributed by atoms with E-state index < -0.39 is 5.60 Å². The lowest BCUT2D eigenvalue weighted by atomic mass is 10.0. The maximum Gasteiger partial charge on any atom is 0.0772 e. The van der Waals surface area contributed by atoms with Gasteiger partial charge in [0.25, 0.3) is 0 Å². The summed E-state index contributed by atoms with van der Waals surface area (Å²) in [5.74, 6) is 0. The molecular formula is C8H17NO. The van der Waals surface area contributed by atoms with Crippen molar-refractivity contribution in [3.8, 4) is 0 Å². The highest BCUT2D eigenvalue weighted by Gasteiger charge is 2.35. The van der Waals surface area contributed by atoms with Gasteiger partial charge < -0.3 is 10.4 Å². The molecule has 10 heavy (non-hydrogen) atoms. The molecule has 1 aliphatic rings. The summed E-state index contributed by atoms with van der Waals surface area (Å²) in [6.45, 7) is 4.96. The lowest BCUT2D eigenvalue weighted by Gasteiger charge is -2.25. The van der Waals surface area contributed by atoms with Crippen LogP contribution in [0.25, 0.3) is 0 Å². The van der Waals surface area contributed by atoms with Crippen molar-refractivity contribution in [3.05, 3.63) is 0 Å². The van der Waals surface area contributed by atoms with Crippen LogP contribution in [-0.4, -0.2) is 23.3 Å². The van der Waals surface area contributed by atoms with Crippen molar-refractivity contribution in [2.45, 2.75) is 44.8 Å². The van der Waals surface area contributed by atoms with Crippen molar-refractivity contribution in [1.82, 2.24) is 5.32 Å². The van der Waals surface area contributed by atoms with E-state index in [9.17, 15) is 5.11 Å². The minimum absolute atomic E-state index is 0.331. The fourth-order valence-electron chi connectivity index (χ4n) is 1.72. The minimum atomic E-state index is -0.448. The van der Waals surface area contributed by atoms with Gasteiger partial charge in [-0.25, -0.2) is 0 Å². The van der Waals surface area contributed by atoms with Crippen LogP contribution in [0.3, 0.4) is 0 Å². The highest BCUT2D eigenvalue weighted by molar-refractivity contribution is 4.93. The number of likely N-dealkylation sites (N-methyl/N-ethyl adjacent to an activating group) is 1. The van der Waals surface area contributed by atoms with Crippen LogP contribution in [0.5, 0.6) is 0 Å². The van der Waals surface area contributed by atoms with E-state index in [4.69, 9.17) is 0 Å². The average molecular weight is 143 g/mol. The molecule has 2 nitrogen and oxygen atoms in total.